The molecule has 4 heteroatoms. The van der Waals surface area contributed by atoms with Gasteiger partial charge in [-0.25, -0.2) is 9.50 Å². The van der Waals surface area contributed by atoms with Gasteiger partial charge in [0.2, 0.25) is 0 Å². The van der Waals surface area contributed by atoms with Crippen molar-refractivity contribution in [2.45, 2.75) is 38.5 Å². The number of fused-ring (bicyclic) bond motifs is 1. The van der Waals surface area contributed by atoms with Gasteiger partial charge in [0.15, 0.2) is 11.4 Å². The van der Waals surface area contributed by atoms with Gasteiger partial charge in [0.05, 0.1) is 0 Å². The molecule has 3 rings (SSSR count). The third-order valence-electron chi connectivity index (χ3n) is 3.52. The quantitative estimate of drug-likeness (QED) is 0.743. The van der Waals surface area contributed by atoms with Crippen molar-refractivity contribution in [3.8, 4) is 0 Å². The summed E-state index contributed by atoms with van der Waals surface area (Å²) in [5.74, 6) is 0.606. The van der Waals surface area contributed by atoms with E-state index in [2.05, 4.69) is 10.1 Å². The highest BCUT2D eigenvalue weighted by atomic mass is 16.1. The number of nitrogens with zero attached hydrogens (tertiary/aromatic N) is 3. The van der Waals surface area contributed by atoms with Crippen LogP contribution >= 0.6 is 0 Å². The van der Waals surface area contributed by atoms with Crippen molar-refractivity contribution in [1.82, 2.24) is 14.6 Å². The molecule has 0 amide bonds. The molecule has 0 atom stereocenters. The number of ketones is 1. The van der Waals surface area contributed by atoms with Gasteiger partial charge < -0.3 is 0 Å². The zero-order valence-corrected chi connectivity index (χ0v) is 9.89. The SMILES string of the molecule is CC(=O)c1cc2ncc(C3CCCC3)cn2n1. The van der Waals surface area contributed by atoms with Crippen LogP contribution in [0, 0.1) is 0 Å². The van der Waals surface area contributed by atoms with Crippen LogP contribution in [-0.4, -0.2) is 20.4 Å². The number of rotatable bonds is 2. The second kappa shape index (κ2) is 3.95. The molecule has 0 bridgehead atoms. The monoisotopic (exact) mass is 229 g/mol. The molecule has 1 saturated carbocycles. The minimum atomic E-state index is -0.0158. The highest BCUT2D eigenvalue weighted by Gasteiger charge is 2.18. The minimum absolute atomic E-state index is 0.0158. The molecule has 88 valence electrons. The minimum Gasteiger partial charge on any atom is -0.293 e. The summed E-state index contributed by atoms with van der Waals surface area (Å²) in [6, 6.07) is 1.74. The van der Waals surface area contributed by atoms with Gasteiger partial charge in [0, 0.05) is 25.4 Å². The summed E-state index contributed by atoms with van der Waals surface area (Å²) in [5, 5.41) is 4.25. The summed E-state index contributed by atoms with van der Waals surface area (Å²) in [4.78, 5) is 15.6. The Hall–Kier alpha value is -1.71. The first-order valence-corrected chi connectivity index (χ1v) is 6.10. The molecular formula is C13H15N3O. The summed E-state index contributed by atoms with van der Waals surface area (Å²) < 4.78 is 1.73. The van der Waals surface area contributed by atoms with Crippen LogP contribution in [0.3, 0.4) is 0 Å². The van der Waals surface area contributed by atoms with Gasteiger partial charge in [0.1, 0.15) is 5.69 Å². The van der Waals surface area contributed by atoms with E-state index in [4.69, 9.17) is 0 Å². The molecule has 2 aromatic rings. The van der Waals surface area contributed by atoms with E-state index in [1.807, 2.05) is 12.4 Å². The average molecular weight is 229 g/mol. The van der Waals surface area contributed by atoms with Crippen LogP contribution in [0.1, 0.15) is 54.6 Å². The molecule has 17 heavy (non-hydrogen) atoms. The summed E-state index contributed by atoms with van der Waals surface area (Å²) in [6.45, 7) is 1.53. The van der Waals surface area contributed by atoms with E-state index in [1.54, 1.807) is 10.6 Å². The normalized spacial score (nSPS) is 16.8. The Balaban J connectivity index is 2.02. The molecule has 0 spiro atoms. The van der Waals surface area contributed by atoms with Crippen molar-refractivity contribution in [1.29, 1.82) is 0 Å². The predicted octanol–water partition coefficient (Wildman–Crippen LogP) is 2.59. The van der Waals surface area contributed by atoms with E-state index in [0.717, 1.165) is 5.65 Å². The summed E-state index contributed by atoms with van der Waals surface area (Å²) >= 11 is 0. The third-order valence-corrected chi connectivity index (χ3v) is 3.52. The van der Waals surface area contributed by atoms with Gasteiger partial charge in [-0.15, -0.1) is 0 Å². The molecular weight excluding hydrogens is 214 g/mol. The van der Waals surface area contributed by atoms with Crippen molar-refractivity contribution in [2.75, 3.05) is 0 Å². The lowest BCUT2D eigenvalue weighted by atomic mass is 10.0. The molecule has 0 unspecified atom stereocenters. The van der Waals surface area contributed by atoms with E-state index in [9.17, 15) is 4.79 Å². The van der Waals surface area contributed by atoms with Gasteiger partial charge in [-0.1, -0.05) is 12.8 Å². The molecule has 1 aliphatic carbocycles. The number of hydrogen-bond acceptors (Lipinski definition) is 3. The van der Waals surface area contributed by atoms with Crippen LogP contribution in [0.15, 0.2) is 18.5 Å². The maximum atomic E-state index is 11.3. The fourth-order valence-electron chi connectivity index (χ4n) is 2.53. The van der Waals surface area contributed by atoms with Gasteiger partial charge in [-0.2, -0.15) is 5.10 Å². The molecule has 4 nitrogen and oxygen atoms in total. The van der Waals surface area contributed by atoms with Crippen LogP contribution in [-0.2, 0) is 0 Å². The first kappa shape index (κ1) is 10.4. The van der Waals surface area contributed by atoms with Crippen molar-refractivity contribution >= 4 is 11.4 Å². The lowest BCUT2D eigenvalue weighted by molar-refractivity contribution is 0.101. The van der Waals surface area contributed by atoms with Crippen molar-refractivity contribution < 1.29 is 4.79 Å². The second-order valence-corrected chi connectivity index (χ2v) is 4.76. The number of carbonyl (C=O) groups is 1. The molecule has 1 fully saturated rings. The van der Waals surface area contributed by atoms with Gasteiger partial charge in [-0.3, -0.25) is 4.79 Å². The largest absolute Gasteiger partial charge is 0.293 e. The Morgan fingerprint density at radius 3 is 2.88 bits per heavy atom. The standard InChI is InChI=1S/C13H15N3O/c1-9(17)12-6-13-14-7-11(8-16(13)15-12)10-4-2-3-5-10/h6-8,10H,2-5H2,1H3. The molecule has 0 radical (unpaired) electrons. The number of hydrogen-bond donors (Lipinski definition) is 0. The number of carbonyl (C=O) groups excluding carboxylic acids is 1. The number of aromatic nitrogens is 3. The second-order valence-electron chi connectivity index (χ2n) is 4.76. The first-order valence-electron chi connectivity index (χ1n) is 6.10. The molecule has 0 N–H and O–H groups in total. The zero-order valence-electron chi connectivity index (χ0n) is 9.89. The van der Waals surface area contributed by atoms with Crippen LogP contribution in [0.25, 0.3) is 5.65 Å². The molecule has 1 aliphatic rings. The van der Waals surface area contributed by atoms with Crippen LogP contribution in [0.4, 0.5) is 0 Å². The molecule has 0 aliphatic heterocycles. The maximum absolute atomic E-state index is 11.3. The maximum Gasteiger partial charge on any atom is 0.180 e. The fraction of sp³-hybridized carbons (Fsp3) is 0.462. The van der Waals surface area contributed by atoms with E-state index < -0.39 is 0 Å². The van der Waals surface area contributed by atoms with Crippen LogP contribution < -0.4 is 0 Å². The van der Waals surface area contributed by atoms with Crippen LogP contribution in [0.5, 0.6) is 0 Å². The third kappa shape index (κ3) is 1.84. The van der Waals surface area contributed by atoms with E-state index in [1.165, 1.54) is 38.2 Å². The Bertz CT molecular complexity index is 567. The zero-order chi connectivity index (χ0) is 11.8. The Kier molecular flexibility index (Phi) is 2.42. The molecule has 0 aromatic carbocycles. The molecule has 2 heterocycles. The van der Waals surface area contributed by atoms with Crippen molar-refractivity contribution in [2.24, 2.45) is 0 Å². The highest BCUT2D eigenvalue weighted by molar-refractivity contribution is 5.93. The summed E-state index contributed by atoms with van der Waals surface area (Å²) in [6.07, 6.45) is 9.05. The lowest BCUT2D eigenvalue weighted by Gasteiger charge is -2.08. The van der Waals surface area contributed by atoms with Gasteiger partial charge in [0.25, 0.3) is 0 Å². The fourth-order valence-corrected chi connectivity index (χ4v) is 2.53. The Labute approximate surface area is 99.7 Å². The van der Waals surface area contributed by atoms with Gasteiger partial charge >= 0.3 is 0 Å². The summed E-state index contributed by atoms with van der Waals surface area (Å²) in [5.41, 5.74) is 2.48. The van der Waals surface area contributed by atoms with E-state index >= 15 is 0 Å². The topological polar surface area (TPSA) is 47.3 Å². The highest BCUT2D eigenvalue weighted by Crippen LogP contribution is 2.33. The molecule has 0 saturated heterocycles. The van der Waals surface area contributed by atoms with Gasteiger partial charge in [-0.05, 0) is 24.3 Å². The van der Waals surface area contributed by atoms with E-state index in [-0.39, 0.29) is 5.78 Å². The van der Waals surface area contributed by atoms with Crippen LogP contribution in [0.2, 0.25) is 0 Å². The predicted molar refractivity (Wildman–Crippen MR) is 64.2 cm³/mol. The smallest absolute Gasteiger partial charge is 0.180 e. The Morgan fingerprint density at radius 2 is 2.18 bits per heavy atom. The van der Waals surface area contributed by atoms with Crippen molar-refractivity contribution in [3.05, 3.63) is 29.7 Å². The Morgan fingerprint density at radius 1 is 1.41 bits per heavy atom. The first-order chi connectivity index (χ1) is 8.24. The molecule has 2 aromatic heterocycles. The average Bonchev–Trinajstić information content (AvgIpc) is 2.97. The lowest BCUT2D eigenvalue weighted by Crippen LogP contribution is -1.99. The summed E-state index contributed by atoms with van der Waals surface area (Å²) in [7, 11) is 0. The van der Waals surface area contributed by atoms with Crippen molar-refractivity contribution in [3.63, 3.8) is 0 Å². The number of Topliss-reactive ketones (excluding diaryl/α,β-unsaturated/α-hetero) is 1. The van der Waals surface area contributed by atoms with E-state index in [0.29, 0.717) is 11.6 Å².